The molecule has 0 fully saturated rings. The summed E-state index contributed by atoms with van der Waals surface area (Å²) in [6.45, 7) is 1.18. The lowest BCUT2D eigenvalue weighted by molar-refractivity contribution is -0.142. The van der Waals surface area contributed by atoms with Gasteiger partial charge in [-0.05, 0) is 99.8 Å². The van der Waals surface area contributed by atoms with Gasteiger partial charge in [-0.15, -0.1) is 11.3 Å². The molecular formula is C46H36Cl2N4O6S. The summed E-state index contributed by atoms with van der Waals surface area (Å²) in [5.41, 5.74) is 7.01. The second kappa shape index (κ2) is 17.4. The molecule has 59 heavy (non-hydrogen) atoms. The number of hydrogen-bond acceptors (Lipinski definition) is 8. The van der Waals surface area contributed by atoms with Crippen molar-refractivity contribution in [3.05, 3.63) is 169 Å². The number of carboxylic acid groups (broad SMARTS) is 1. The SMILES string of the molecule is N#Cc1ccc(-c2ccc(C[C@H](NC(=O)C3Cc4cc5c(cc4CN3Cc3cccs3)OC(c3ccc(OCc4ccc(Cl)c(Cl)c4)cc3)C(=O)N5)C(=O)O)cc2)cc1. The van der Waals surface area contributed by atoms with Crippen LogP contribution in [-0.4, -0.2) is 39.9 Å². The van der Waals surface area contributed by atoms with Gasteiger partial charge in [0.25, 0.3) is 5.91 Å². The maximum atomic E-state index is 14.1. The van der Waals surface area contributed by atoms with Crippen LogP contribution in [0, 0.1) is 11.3 Å². The highest BCUT2D eigenvalue weighted by Gasteiger charge is 2.37. The molecule has 6 aromatic rings. The number of amides is 2. The molecule has 296 valence electrons. The number of hydrogen-bond donors (Lipinski definition) is 3. The second-order valence-corrected chi connectivity index (χ2v) is 16.3. The first-order valence-corrected chi connectivity index (χ1v) is 20.4. The van der Waals surface area contributed by atoms with E-state index in [2.05, 4.69) is 21.6 Å². The van der Waals surface area contributed by atoms with Crippen molar-refractivity contribution >= 4 is 58.0 Å². The Hall–Kier alpha value is -6.16. The summed E-state index contributed by atoms with van der Waals surface area (Å²) in [5.74, 6) is -0.732. The van der Waals surface area contributed by atoms with Gasteiger partial charge in [0.2, 0.25) is 12.0 Å². The number of nitrogens with zero attached hydrogens (tertiary/aromatic N) is 2. The van der Waals surface area contributed by atoms with Gasteiger partial charge in [-0.1, -0.05) is 83.9 Å². The van der Waals surface area contributed by atoms with Gasteiger partial charge in [-0.25, -0.2) is 4.79 Å². The van der Waals surface area contributed by atoms with Gasteiger partial charge >= 0.3 is 5.97 Å². The number of rotatable bonds is 12. The molecule has 10 nitrogen and oxygen atoms in total. The second-order valence-electron chi connectivity index (χ2n) is 14.4. The number of aliphatic carboxylic acids is 1. The quantitative estimate of drug-likeness (QED) is 0.111. The zero-order chi connectivity index (χ0) is 41.0. The Morgan fingerprint density at radius 2 is 1.66 bits per heavy atom. The summed E-state index contributed by atoms with van der Waals surface area (Å²) in [6, 6.07) is 35.2. The molecule has 0 spiro atoms. The smallest absolute Gasteiger partial charge is 0.326 e. The van der Waals surface area contributed by atoms with E-state index in [0.29, 0.717) is 64.5 Å². The van der Waals surface area contributed by atoms with Gasteiger partial charge in [0.05, 0.1) is 33.4 Å². The number of fused-ring (bicyclic) bond motifs is 2. The van der Waals surface area contributed by atoms with Crippen LogP contribution in [0.3, 0.4) is 0 Å². The fourth-order valence-corrected chi connectivity index (χ4v) is 8.35. The maximum Gasteiger partial charge on any atom is 0.326 e. The number of carbonyl (C=O) groups is 3. The molecule has 0 radical (unpaired) electrons. The molecule has 2 unspecified atom stereocenters. The summed E-state index contributed by atoms with van der Waals surface area (Å²) >= 11 is 13.7. The molecule has 0 bridgehead atoms. The topological polar surface area (TPSA) is 141 Å². The number of thiophene rings is 1. The molecule has 2 amide bonds. The molecule has 2 aliphatic heterocycles. The van der Waals surface area contributed by atoms with Crippen molar-refractivity contribution in [3.8, 4) is 28.7 Å². The Morgan fingerprint density at radius 3 is 2.34 bits per heavy atom. The van der Waals surface area contributed by atoms with Crippen LogP contribution in [0.1, 0.15) is 44.4 Å². The van der Waals surface area contributed by atoms with E-state index in [-0.39, 0.29) is 12.3 Å². The lowest BCUT2D eigenvalue weighted by Crippen LogP contribution is -2.54. The largest absolute Gasteiger partial charge is 0.489 e. The van der Waals surface area contributed by atoms with Crippen LogP contribution < -0.4 is 20.1 Å². The molecule has 13 heteroatoms. The van der Waals surface area contributed by atoms with E-state index in [1.807, 2.05) is 72.1 Å². The van der Waals surface area contributed by atoms with E-state index < -0.39 is 30.1 Å². The predicted octanol–water partition coefficient (Wildman–Crippen LogP) is 8.98. The number of anilines is 1. The normalized spacial score (nSPS) is 16.4. The Balaban J connectivity index is 0.962. The van der Waals surface area contributed by atoms with Gasteiger partial charge < -0.3 is 25.2 Å². The molecule has 0 saturated carbocycles. The highest BCUT2D eigenvalue weighted by molar-refractivity contribution is 7.09. The Kier molecular flexibility index (Phi) is 11.7. The Bertz CT molecular complexity index is 2560. The first kappa shape index (κ1) is 39.7. The first-order valence-electron chi connectivity index (χ1n) is 18.8. The molecule has 5 aromatic carbocycles. The van der Waals surface area contributed by atoms with Crippen molar-refractivity contribution < 1.29 is 29.0 Å². The molecule has 8 rings (SSSR count). The molecule has 2 aliphatic rings. The van der Waals surface area contributed by atoms with Crippen LogP contribution in [0.5, 0.6) is 11.5 Å². The standard InChI is InChI=1S/C46H36Cl2N4O6S/c47-37-16-7-29(18-38(37)48)26-57-35-14-12-32(13-15-35)43-45(54)50-39-20-33-21-41(52(25-36-2-1-17-59-36)24-34(33)22-42(39)58-43)44(53)51-40(46(55)56)19-27-3-8-30(9-4-27)31-10-5-28(23-49)6-11-31/h1-18,20,22,40-41,43H,19,21,24-26H2,(H,50,54)(H,51,53)(H,55,56)/t40-,41?,43?/m0/s1. The summed E-state index contributed by atoms with van der Waals surface area (Å²) in [7, 11) is 0. The lowest BCUT2D eigenvalue weighted by Gasteiger charge is -2.37. The fraction of sp³-hybridized carbons (Fsp3) is 0.174. The van der Waals surface area contributed by atoms with Crippen LogP contribution in [0.25, 0.3) is 11.1 Å². The number of nitriles is 1. The van der Waals surface area contributed by atoms with E-state index in [1.165, 1.54) is 0 Å². The molecule has 0 saturated heterocycles. The first-order chi connectivity index (χ1) is 28.6. The van der Waals surface area contributed by atoms with Crippen LogP contribution in [0.15, 0.2) is 121 Å². The highest BCUT2D eigenvalue weighted by Crippen LogP contribution is 2.40. The van der Waals surface area contributed by atoms with Gasteiger partial charge in [-0.3, -0.25) is 14.5 Å². The van der Waals surface area contributed by atoms with Gasteiger partial charge in [0.1, 0.15) is 24.1 Å². The number of benzene rings is 5. The summed E-state index contributed by atoms with van der Waals surface area (Å²) in [6.07, 6.45) is -0.502. The van der Waals surface area contributed by atoms with Crippen LogP contribution >= 0.6 is 34.5 Å². The van der Waals surface area contributed by atoms with E-state index >= 15 is 0 Å². The molecular weight excluding hydrogens is 808 g/mol. The molecule has 3 atom stereocenters. The Labute approximate surface area is 354 Å². The lowest BCUT2D eigenvalue weighted by atomic mass is 9.91. The number of carbonyl (C=O) groups excluding carboxylic acids is 2. The van der Waals surface area contributed by atoms with E-state index in [1.54, 1.807) is 59.9 Å². The van der Waals surface area contributed by atoms with Crippen molar-refractivity contribution in [2.24, 2.45) is 0 Å². The summed E-state index contributed by atoms with van der Waals surface area (Å²) < 4.78 is 12.2. The fourth-order valence-electron chi connectivity index (χ4n) is 7.30. The number of halogens is 2. The number of ether oxygens (including phenoxy) is 2. The van der Waals surface area contributed by atoms with Crippen LogP contribution in [0.2, 0.25) is 10.0 Å². The number of carboxylic acids is 1. The van der Waals surface area contributed by atoms with Crippen molar-refractivity contribution in [1.82, 2.24) is 10.2 Å². The predicted molar refractivity (Wildman–Crippen MR) is 227 cm³/mol. The van der Waals surface area contributed by atoms with Gasteiger partial charge in [-0.2, -0.15) is 5.26 Å². The molecule has 3 heterocycles. The average molecular weight is 844 g/mol. The third-order valence-electron chi connectivity index (χ3n) is 10.4. The monoisotopic (exact) mass is 842 g/mol. The van der Waals surface area contributed by atoms with Crippen molar-refractivity contribution in [2.45, 2.75) is 50.7 Å². The van der Waals surface area contributed by atoms with E-state index in [0.717, 1.165) is 38.3 Å². The number of nitrogens with one attached hydrogen (secondary N) is 2. The average Bonchev–Trinajstić information content (AvgIpc) is 3.76. The van der Waals surface area contributed by atoms with Gasteiger partial charge in [0.15, 0.2) is 0 Å². The van der Waals surface area contributed by atoms with Gasteiger partial charge in [0, 0.05) is 30.0 Å². The zero-order valence-corrected chi connectivity index (χ0v) is 33.7. The van der Waals surface area contributed by atoms with Crippen LogP contribution in [-0.2, 0) is 46.9 Å². The summed E-state index contributed by atoms with van der Waals surface area (Å²) in [4.78, 5) is 43.1. The summed E-state index contributed by atoms with van der Waals surface area (Å²) in [5, 5.41) is 28.1. The minimum atomic E-state index is -1.16. The van der Waals surface area contributed by atoms with Crippen LogP contribution in [0.4, 0.5) is 5.69 Å². The third kappa shape index (κ3) is 9.12. The minimum Gasteiger partial charge on any atom is -0.489 e. The third-order valence-corrected chi connectivity index (χ3v) is 12.0. The maximum absolute atomic E-state index is 14.1. The van der Waals surface area contributed by atoms with Crippen molar-refractivity contribution in [2.75, 3.05) is 5.32 Å². The van der Waals surface area contributed by atoms with E-state index in [9.17, 15) is 19.5 Å². The highest BCUT2D eigenvalue weighted by atomic mass is 35.5. The zero-order valence-electron chi connectivity index (χ0n) is 31.4. The molecule has 1 aromatic heterocycles. The Morgan fingerprint density at radius 1 is 0.932 bits per heavy atom. The molecule has 0 aliphatic carbocycles. The molecule has 3 N–H and O–H groups in total. The minimum absolute atomic E-state index is 0.0927. The van der Waals surface area contributed by atoms with Crippen molar-refractivity contribution in [1.29, 1.82) is 5.26 Å². The van der Waals surface area contributed by atoms with Crippen molar-refractivity contribution in [3.63, 3.8) is 0 Å². The van der Waals surface area contributed by atoms with E-state index in [4.69, 9.17) is 37.9 Å².